The first-order valence-corrected chi connectivity index (χ1v) is 10.8. The molecule has 0 aromatic heterocycles. The Kier molecular flexibility index (Phi) is 7.89. The molecule has 160 valence electrons. The smallest absolute Gasteiger partial charge is 0.222 e. The molecule has 0 radical (unpaired) electrons. The molecular formula is C22H34N4O3. The number of rotatable bonds is 10. The topological polar surface area (TPSA) is 96.7 Å². The first kappa shape index (κ1) is 21.6. The van der Waals surface area contributed by atoms with Gasteiger partial charge < -0.3 is 26.0 Å². The van der Waals surface area contributed by atoms with Gasteiger partial charge in [-0.1, -0.05) is 19.1 Å². The zero-order valence-corrected chi connectivity index (χ0v) is 17.4. The molecule has 2 saturated heterocycles. The van der Waals surface area contributed by atoms with Crippen molar-refractivity contribution in [3.63, 3.8) is 0 Å². The highest BCUT2D eigenvalue weighted by Crippen LogP contribution is 2.18. The summed E-state index contributed by atoms with van der Waals surface area (Å²) in [6, 6.07) is 8.44. The molecule has 3 atom stereocenters. The number of carbonyl (C=O) groups excluding carboxylic acids is 2. The molecule has 2 amide bonds. The Morgan fingerprint density at radius 1 is 1.17 bits per heavy atom. The zero-order chi connectivity index (χ0) is 20.6. The highest BCUT2D eigenvalue weighted by molar-refractivity contribution is 5.79. The lowest BCUT2D eigenvalue weighted by Gasteiger charge is -2.29. The van der Waals surface area contributed by atoms with Gasteiger partial charge >= 0.3 is 0 Å². The maximum absolute atomic E-state index is 12.8. The van der Waals surface area contributed by atoms with E-state index in [0.29, 0.717) is 19.4 Å². The molecule has 7 heteroatoms. The van der Waals surface area contributed by atoms with E-state index in [-0.39, 0.29) is 29.9 Å². The predicted octanol–water partition coefficient (Wildman–Crippen LogP) is 1.06. The minimum absolute atomic E-state index is 0.112. The first-order valence-electron chi connectivity index (χ1n) is 10.8. The van der Waals surface area contributed by atoms with Crippen molar-refractivity contribution in [3.8, 4) is 5.75 Å². The van der Waals surface area contributed by atoms with Gasteiger partial charge in [0.15, 0.2) is 0 Å². The van der Waals surface area contributed by atoms with Crippen molar-refractivity contribution in [1.82, 2.24) is 15.5 Å². The van der Waals surface area contributed by atoms with Gasteiger partial charge in [-0.25, -0.2) is 0 Å². The van der Waals surface area contributed by atoms with E-state index < -0.39 is 0 Å². The van der Waals surface area contributed by atoms with Gasteiger partial charge in [-0.2, -0.15) is 0 Å². The molecule has 1 aromatic rings. The number of ether oxygens (including phenoxy) is 1. The summed E-state index contributed by atoms with van der Waals surface area (Å²) in [7, 11) is 0. The molecule has 0 unspecified atom stereocenters. The van der Waals surface area contributed by atoms with Crippen LogP contribution in [0.2, 0.25) is 0 Å². The van der Waals surface area contributed by atoms with Crippen LogP contribution < -0.4 is 21.1 Å². The Balaban J connectivity index is 1.53. The van der Waals surface area contributed by atoms with E-state index in [2.05, 4.69) is 22.8 Å². The highest BCUT2D eigenvalue weighted by atomic mass is 16.5. The molecule has 0 aliphatic carbocycles. The van der Waals surface area contributed by atoms with Crippen molar-refractivity contribution in [1.29, 1.82) is 0 Å². The van der Waals surface area contributed by atoms with Gasteiger partial charge in [0, 0.05) is 38.0 Å². The zero-order valence-electron chi connectivity index (χ0n) is 17.4. The van der Waals surface area contributed by atoms with Crippen molar-refractivity contribution >= 4 is 11.8 Å². The van der Waals surface area contributed by atoms with E-state index in [9.17, 15) is 9.59 Å². The molecule has 29 heavy (non-hydrogen) atoms. The molecule has 1 aromatic carbocycles. The number of hydrogen-bond donors (Lipinski definition) is 3. The summed E-state index contributed by atoms with van der Waals surface area (Å²) < 4.78 is 5.98. The molecule has 0 saturated carbocycles. The van der Waals surface area contributed by atoms with E-state index in [4.69, 9.17) is 10.5 Å². The van der Waals surface area contributed by atoms with Crippen molar-refractivity contribution in [2.75, 3.05) is 32.7 Å². The van der Waals surface area contributed by atoms with Crippen molar-refractivity contribution < 1.29 is 14.3 Å². The van der Waals surface area contributed by atoms with Crippen molar-refractivity contribution in [2.45, 2.75) is 51.2 Å². The number of carbonyl (C=O) groups is 2. The average molecular weight is 403 g/mol. The Hall–Kier alpha value is -2.12. The molecule has 2 aliphatic heterocycles. The quantitative estimate of drug-likeness (QED) is 0.544. The maximum Gasteiger partial charge on any atom is 0.222 e. The lowest BCUT2D eigenvalue weighted by molar-refractivity contribution is -0.133. The van der Waals surface area contributed by atoms with Crippen LogP contribution in [-0.2, 0) is 16.0 Å². The summed E-state index contributed by atoms with van der Waals surface area (Å²) >= 11 is 0. The van der Waals surface area contributed by atoms with Crippen LogP contribution in [0, 0.1) is 5.92 Å². The number of benzene rings is 1. The van der Waals surface area contributed by atoms with Gasteiger partial charge in [0.05, 0.1) is 0 Å². The number of primary amides is 1. The van der Waals surface area contributed by atoms with E-state index >= 15 is 0 Å². The summed E-state index contributed by atoms with van der Waals surface area (Å²) in [5, 5.41) is 6.65. The summed E-state index contributed by atoms with van der Waals surface area (Å²) in [6.45, 7) is 6.15. The molecule has 2 heterocycles. The minimum atomic E-state index is -0.345. The third-order valence-corrected chi connectivity index (χ3v) is 5.95. The molecule has 4 N–H and O–H groups in total. The van der Waals surface area contributed by atoms with E-state index in [1.807, 2.05) is 17.0 Å². The summed E-state index contributed by atoms with van der Waals surface area (Å²) in [5.74, 6) is 0.393. The van der Waals surface area contributed by atoms with Crippen LogP contribution in [0.1, 0.15) is 38.2 Å². The Bertz CT molecular complexity index is 667. The Morgan fingerprint density at radius 3 is 2.52 bits per heavy atom. The Labute approximate surface area is 173 Å². The third kappa shape index (κ3) is 6.44. The number of nitrogens with zero attached hydrogens (tertiary/aromatic N) is 1. The SMILES string of the molecule is C[C@@H](CCC(=O)N(CCc1ccc(O[C@H]2CCNC2)cc1)[C@H]1CCNC1)C(N)=O. The largest absolute Gasteiger partial charge is 0.489 e. The summed E-state index contributed by atoms with van der Waals surface area (Å²) in [4.78, 5) is 26.1. The van der Waals surface area contributed by atoms with Gasteiger partial charge in [-0.3, -0.25) is 9.59 Å². The van der Waals surface area contributed by atoms with Gasteiger partial charge in [-0.05, 0) is 56.5 Å². The summed E-state index contributed by atoms with van der Waals surface area (Å²) in [6.07, 6.45) is 3.95. The van der Waals surface area contributed by atoms with Crippen LogP contribution in [0.4, 0.5) is 0 Å². The van der Waals surface area contributed by atoms with Gasteiger partial charge in [0.2, 0.25) is 11.8 Å². The number of hydrogen-bond acceptors (Lipinski definition) is 5. The fourth-order valence-electron chi connectivity index (χ4n) is 3.95. The second-order valence-electron chi connectivity index (χ2n) is 8.20. The second kappa shape index (κ2) is 10.6. The molecular weight excluding hydrogens is 368 g/mol. The average Bonchev–Trinajstić information content (AvgIpc) is 3.42. The lowest BCUT2D eigenvalue weighted by Crippen LogP contribution is -2.43. The lowest BCUT2D eigenvalue weighted by atomic mass is 10.0. The molecule has 0 bridgehead atoms. The minimum Gasteiger partial charge on any atom is -0.489 e. The van der Waals surface area contributed by atoms with Crippen LogP contribution in [-0.4, -0.2) is 61.6 Å². The van der Waals surface area contributed by atoms with Crippen molar-refractivity contribution in [2.24, 2.45) is 11.7 Å². The normalized spacial score (nSPS) is 22.4. The summed E-state index contributed by atoms with van der Waals surface area (Å²) in [5.41, 5.74) is 6.52. The number of nitrogens with one attached hydrogen (secondary N) is 2. The van der Waals surface area contributed by atoms with Gasteiger partial charge in [0.1, 0.15) is 11.9 Å². The standard InChI is InChI=1S/C22H34N4O3/c1-16(22(23)28)2-7-21(27)26(18-8-11-24-14-18)13-10-17-3-5-19(6-4-17)29-20-9-12-25-15-20/h3-6,16,18,20,24-25H,2,7-15H2,1H3,(H2,23,28)/t16-,18-,20-/m0/s1. The monoisotopic (exact) mass is 402 g/mol. The van der Waals surface area contributed by atoms with Gasteiger partial charge in [0.25, 0.3) is 0 Å². The van der Waals surface area contributed by atoms with Gasteiger partial charge in [-0.15, -0.1) is 0 Å². The molecule has 3 rings (SSSR count). The second-order valence-corrected chi connectivity index (χ2v) is 8.20. The fraction of sp³-hybridized carbons (Fsp3) is 0.636. The first-order chi connectivity index (χ1) is 14.0. The van der Waals surface area contributed by atoms with E-state index in [1.54, 1.807) is 6.92 Å². The van der Waals surface area contributed by atoms with Crippen LogP contribution in [0.15, 0.2) is 24.3 Å². The third-order valence-electron chi connectivity index (χ3n) is 5.95. The maximum atomic E-state index is 12.8. The highest BCUT2D eigenvalue weighted by Gasteiger charge is 2.26. The van der Waals surface area contributed by atoms with Crippen LogP contribution >= 0.6 is 0 Å². The molecule has 7 nitrogen and oxygen atoms in total. The van der Waals surface area contributed by atoms with E-state index in [1.165, 1.54) is 5.56 Å². The van der Waals surface area contributed by atoms with Crippen LogP contribution in [0.3, 0.4) is 0 Å². The van der Waals surface area contributed by atoms with Crippen LogP contribution in [0.5, 0.6) is 5.75 Å². The Morgan fingerprint density at radius 2 is 1.90 bits per heavy atom. The van der Waals surface area contributed by atoms with Crippen LogP contribution in [0.25, 0.3) is 0 Å². The van der Waals surface area contributed by atoms with Crippen molar-refractivity contribution in [3.05, 3.63) is 29.8 Å². The number of nitrogens with two attached hydrogens (primary N) is 1. The molecule has 2 fully saturated rings. The fourth-order valence-corrected chi connectivity index (χ4v) is 3.95. The molecule has 2 aliphatic rings. The molecule has 0 spiro atoms. The van der Waals surface area contributed by atoms with E-state index in [0.717, 1.165) is 51.2 Å². The predicted molar refractivity (Wildman–Crippen MR) is 113 cm³/mol. The number of amides is 2.